The average molecular weight is 316 g/mol. The van der Waals surface area contributed by atoms with Gasteiger partial charge in [-0.15, -0.1) is 0 Å². The summed E-state index contributed by atoms with van der Waals surface area (Å²) < 4.78 is 12.1. The first-order valence-corrected chi connectivity index (χ1v) is 8.33. The second kappa shape index (κ2) is 5.60. The second-order valence-corrected chi connectivity index (χ2v) is 7.49. The number of nitrogens with zero attached hydrogens (tertiary/aromatic N) is 2. The molecule has 1 aromatic rings. The van der Waals surface area contributed by atoms with Gasteiger partial charge in [0.05, 0.1) is 16.8 Å². The highest BCUT2D eigenvalue weighted by atomic mass is 16.7. The van der Waals surface area contributed by atoms with Crippen molar-refractivity contribution >= 4 is 18.5 Å². The third kappa shape index (κ3) is 2.90. The van der Waals surface area contributed by atoms with Gasteiger partial charge in [0.25, 0.3) is 5.91 Å². The number of hydrogen-bond donors (Lipinski definition) is 0. The lowest BCUT2D eigenvalue weighted by atomic mass is 9.79. The third-order valence-electron chi connectivity index (χ3n) is 5.26. The molecule has 2 aliphatic rings. The number of hydrogen-bond acceptors (Lipinski definition) is 4. The van der Waals surface area contributed by atoms with E-state index in [1.165, 1.54) is 0 Å². The lowest BCUT2D eigenvalue weighted by Crippen LogP contribution is -2.41. The molecule has 124 valence electrons. The summed E-state index contributed by atoms with van der Waals surface area (Å²) in [6.07, 6.45) is 3.91. The van der Waals surface area contributed by atoms with E-state index in [1.807, 2.05) is 45.6 Å². The highest BCUT2D eigenvalue weighted by molar-refractivity contribution is 6.62. The number of amides is 1. The van der Waals surface area contributed by atoms with Crippen LogP contribution in [-0.4, -0.2) is 47.2 Å². The molecule has 3 heterocycles. The maximum Gasteiger partial charge on any atom is 0.496 e. The van der Waals surface area contributed by atoms with Gasteiger partial charge in [0.15, 0.2) is 0 Å². The van der Waals surface area contributed by atoms with Crippen LogP contribution in [0.25, 0.3) is 0 Å². The van der Waals surface area contributed by atoms with Gasteiger partial charge in [-0.25, -0.2) is 0 Å². The normalized spacial score (nSPS) is 22.7. The molecular formula is C17H25BN2O3. The molecule has 2 saturated heterocycles. The molecule has 3 rings (SSSR count). The van der Waals surface area contributed by atoms with Gasteiger partial charge in [-0.2, -0.15) is 0 Å². The molecule has 6 heteroatoms. The number of rotatable bonds is 2. The van der Waals surface area contributed by atoms with Crippen molar-refractivity contribution in [3.05, 3.63) is 23.5 Å². The van der Waals surface area contributed by atoms with E-state index in [0.29, 0.717) is 5.56 Å². The molecule has 0 aliphatic carbocycles. The fraction of sp³-hybridized carbons (Fsp3) is 0.647. The smallest absolute Gasteiger partial charge is 0.399 e. The van der Waals surface area contributed by atoms with E-state index < -0.39 is 18.3 Å². The number of aryl methyl sites for hydroxylation is 1. The second-order valence-electron chi connectivity index (χ2n) is 7.49. The highest BCUT2D eigenvalue weighted by Crippen LogP contribution is 2.36. The Morgan fingerprint density at radius 3 is 2.30 bits per heavy atom. The first-order valence-electron chi connectivity index (χ1n) is 8.33. The van der Waals surface area contributed by atoms with Crippen molar-refractivity contribution < 1.29 is 14.1 Å². The van der Waals surface area contributed by atoms with Crippen LogP contribution in [0.15, 0.2) is 12.3 Å². The Balaban J connectivity index is 1.88. The topological polar surface area (TPSA) is 51.7 Å². The summed E-state index contributed by atoms with van der Waals surface area (Å²) in [5.41, 5.74) is 1.40. The number of carbonyl (C=O) groups is 1. The fourth-order valence-corrected chi connectivity index (χ4v) is 2.96. The van der Waals surface area contributed by atoms with E-state index in [9.17, 15) is 4.79 Å². The van der Waals surface area contributed by atoms with Gasteiger partial charge >= 0.3 is 7.12 Å². The van der Waals surface area contributed by atoms with E-state index in [1.54, 1.807) is 6.20 Å². The zero-order chi connectivity index (χ0) is 16.8. The minimum Gasteiger partial charge on any atom is -0.399 e. The van der Waals surface area contributed by atoms with Gasteiger partial charge in [0.1, 0.15) is 0 Å². The zero-order valence-electron chi connectivity index (χ0n) is 14.7. The fourth-order valence-electron chi connectivity index (χ4n) is 2.96. The van der Waals surface area contributed by atoms with Crippen LogP contribution in [0.1, 0.15) is 56.6 Å². The molecule has 0 bridgehead atoms. The number of carbonyl (C=O) groups excluding carboxylic acids is 1. The average Bonchev–Trinajstić information content (AvgIpc) is 3.06. The Morgan fingerprint density at radius 1 is 1.17 bits per heavy atom. The van der Waals surface area contributed by atoms with Gasteiger partial charge in [-0.3, -0.25) is 9.78 Å². The van der Waals surface area contributed by atoms with Gasteiger partial charge in [-0.05, 0) is 53.5 Å². The van der Waals surface area contributed by atoms with Gasteiger partial charge < -0.3 is 14.2 Å². The number of aromatic nitrogens is 1. The Hall–Kier alpha value is -1.40. The maximum absolute atomic E-state index is 12.7. The Kier molecular flexibility index (Phi) is 4.01. The molecule has 2 fully saturated rings. The van der Waals surface area contributed by atoms with Gasteiger partial charge in [0, 0.05) is 30.4 Å². The summed E-state index contributed by atoms with van der Waals surface area (Å²) in [6.45, 7) is 11.6. The molecule has 1 aromatic heterocycles. The first-order chi connectivity index (χ1) is 10.7. The number of pyridine rings is 1. The van der Waals surface area contributed by atoms with E-state index in [4.69, 9.17) is 9.31 Å². The Labute approximate surface area is 138 Å². The standard InChI is InChI=1S/C17H25BN2O3/c1-12-14(15(21)20-8-6-7-9-20)10-13(11-19-12)18-22-16(2,3)17(4,5)23-18/h10-11H,6-9H2,1-5H3. The van der Waals surface area contributed by atoms with Crippen molar-refractivity contribution in [2.75, 3.05) is 13.1 Å². The molecule has 1 amide bonds. The summed E-state index contributed by atoms with van der Waals surface area (Å²) in [5.74, 6) is 0.0610. The third-order valence-corrected chi connectivity index (χ3v) is 5.26. The highest BCUT2D eigenvalue weighted by Gasteiger charge is 2.52. The molecule has 0 radical (unpaired) electrons. The maximum atomic E-state index is 12.7. The van der Waals surface area contributed by atoms with Gasteiger partial charge in [-0.1, -0.05) is 0 Å². The summed E-state index contributed by atoms with van der Waals surface area (Å²) in [4.78, 5) is 19.0. The van der Waals surface area contributed by atoms with Crippen LogP contribution < -0.4 is 5.46 Å². The van der Waals surface area contributed by atoms with Crippen LogP contribution >= 0.6 is 0 Å². The molecule has 0 saturated carbocycles. The van der Waals surface area contributed by atoms with Crippen molar-refractivity contribution in [2.24, 2.45) is 0 Å². The first kappa shape index (κ1) is 16.5. The lowest BCUT2D eigenvalue weighted by molar-refractivity contribution is 0.00578. The number of likely N-dealkylation sites (tertiary alicyclic amines) is 1. The van der Waals surface area contributed by atoms with Crippen LogP contribution in [-0.2, 0) is 9.31 Å². The molecule has 0 N–H and O–H groups in total. The van der Waals surface area contributed by atoms with Crippen molar-refractivity contribution in [2.45, 2.75) is 58.7 Å². The minimum absolute atomic E-state index is 0.0610. The van der Waals surface area contributed by atoms with Crippen LogP contribution in [0.5, 0.6) is 0 Å². The largest absolute Gasteiger partial charge is 0.496 e. The zero-order valence-corrected chi connectivity index (χ0v) is 14.7. The van der Waals surface area contributed by atoms with Crippen LogP contribution in [0.2, 0.25) is 0 Å². The predicted octanol–water partition coefficient (Wildman–Crippen LogP) is 1.93. The van der Waals surface area contributed by atoms with Crippen molar-refractivity contribution in [1.29, 1.82) is 0 Å². The Morgan fingerprint density at radius 2 is 1.74 bits per heavy atom. The van der Waals surface area contributed by atoms with Gasteiger partial charge in [0.2, 0.25) is 0 Å². The molecular weight excluding hydrogens is 291 g/mol. The lowest BCUT2D eigenvalue weighted by Gasteiger charge is -2.32. The molecule has 23 heavy (non-hydrogen) atoms. The van der Waals surface area contributed by atoms with Crippen molar-refractivity contribution in [1.82, 2.24) is 9.88 Å². The molecule has 5 nitrogen and oxygen atoms in total. The van der Waals surface area contributed by atoms with Crippen LogP contribution in [0.3, 0.4) is 0 Å². The molecule has 0 unspecified atom stereocenters. The SMILES string of the molecule is Cc1ncc(B2OC(C)(C)C(C)(C)O2)cc1C(=O)N1CCCC1. The summed E-state index contributed by atoms with van der Waals surface area (Å²) in [5, 5.41) is 0. The molecule has 0 aromatic carbocycles. The van der Waals surface area contributed by atoms with E-state index >= 15 is 0 Å². The summed E-state index contributed by atoms with van der Waals surface area (Å²) in [6, 6.07) is 1.88. The molecule has 0 spiro atoms. The van der Waals surface area contributed by atoms with Crippen molar-refractivity contribution in [3.8, 4) is 0 Å². The van der Waals surface area contributed by atoms with Crippen molar-refractivity contribution in [3.63, 3.8) is 0 Å². The minimum atomic E-state index is -0.488. The van der Waals surface area contributed by atoms with E-state index in [-0.39, 0.29) is 5.91 Å². The Bertz CT molecular complexity index is 608. The quantitative estimate of drug-likeness (QED) is 0.782. The van der Waals surface area contributed by atoms with E-state index in [2.05, 4.69) is 4.98 Å². The monoisotopic (exact) mass is 316 g/mol. The summed E-state index contributed by atoms with van der Waals surface area (Å²) in [7, 11) is -0.488. The predicted molar refractivity (Wildman–Crippen MR) is 89.8 cm³/mol. The van der Waals surface area contributed by atoms with Crippen LogP contribution in [0, 0.1) is 6.92 Å². The summed E-state index contributed by atoms with van der Waals surface area (Å²) >= 11 is 0. The van der Waals surface area contributed by atoms with Crippen LogP contribution in [0.4, 0.5) is 0 Å². The van der Waals surface area contributed by atoms with E-state index in [0.717, 1.165) is 37.1 Å². The molecule has 0 atom stereocenters. The molecule has 2 aliphatic heterocycles.